The summed E-state index contributed by atoms with van der Waals surface area (Å²) < 4.78 is 5.30. The van der Waals surface area contributed by atoms with Crippen LogP contribution in [0.25, 0.3) is 17.1 Å². The number of benzene rings is 1. The number of rotatable bonds is 8. The van der Waals surface area contributed by atoms with E-state index in [0.717, 1.165) is 23.5 Å². The molecular weight excluding hydrogens is 456 g/mol. The number of hydrogen-bond donors (Lipinski definition) is 1. The highest BCUT2D eigenvalue weighted by atomic mass is 32.2. The molecule has 0 saturated heterocycles. The quantitative estimate of drug-likeness (QED) is 0.382. The van der Waals surface area contributed by atoms with Crippen LogP contribution < -0.4 is 10.9 Å². The van der Waals surface area contributed by atoms with Gasteiger partial charge < -0.3 is 9.88 Å². The SMILES string of the molecule is CCc1cc(-c2nnc(SCC(=O)Nc3c(C)n(C)n(-c4ccccc4)c3=O)n2CC)cs1. The largest absolute Gasteiger partial charge is 0.319 e. The molecule has 10 heteroatoms. The number of aromatic nitrogens is 5. The molecule has 0 aliphatic carbocycles. The van der Waals surface area contributed by atoms with Crippen LogP contribution in [0.15, 0.2) is 51.7 Å². The Balaban J connectivity index is 1.49. The van der Waals surface area contributed by atoms with Crippen molar-refractivity contribution in [2.24, 2.45) is 7.05 Å². The van der Waals surface area contributed by atoms with E-state index in [-0.39, 0.29) is 22.9 Å². The topological polar surface area (TPSA) is 86.7 Å². The molecule has 1 amide bonds. The Morgan fingerprint density at radius 2 is 1.94 bits per heavy atom. The van der Waals surface area contributed by atoms with Gasteiger partial charge >= 0.3 is 0 Å². The summed E-state index contributed by atoms with van der Waals surface area (Å²) in [5.41, 5.74) is 2.50. The van der Waals surface area contributed by atoms with Gasteiger partial charge in [0.1, 0.15) is 5.69 Å². The average Bonchev–Trinajstić information content (AvgIpc) is 3.51. The van der Waals surface area contributed by atoms with Crippen LogP contribution >= 0.6 is 23.1 Å². The zero-order valence-electron chi connectivity index (χ0n) is 19.0. The number of nitrogens with zero attached hydrogens (tertiary/aromatic N) is 5. The minimum atomic E-state index is -0.262. The second-order valence-corrected chi connectivity index (χ2v) is 9.42. The Morgan fingerprint density at radius 3 is 2.61 bits per heavy atom. The zero-order valence-corrected chi connectivity index (χ0v) is 20.7. The maximum atomic E-state index is 13.0. The van der Waals surface area contributed by atoms with Crippen molar-refractivity contribution in [1.82, 2.24) is 24.1 Å². The van der Waals surface area contributed by atoms with Crippen LogP contribution in [0.5, 0.6) is 0 Å². The molecule has 0 aliphatic heterocycles. The van der Waals surface area contributed by atoms with Crippen LogP contribution in [0.1, 0.15) is 24.4 Å². The van der Waals surface area contributed by atoms with Crippen LogP contribution in [-0.4, -0.2) is 35.8 Å². The highest BCUT2D eigenvalue weighted by Crippen LogP contribution is 2.28. The molecule has 0 radical (unpaired) electrons. The van der Waals surface area contributed by atoms with E-state index in [1.807, 2.05) is 48.7 Å². The van der Waals surface area contributed by atoms with E-state index in [9.17, 15) is 9.59 Å². The van der Waals surface area contributed by atoms with Crippen LogP contribution in [-0.2, 0) is 24.8 Å². The number of amides is 1. The van der Waals surface area contributed by atoms with Crippen molar-refractivity contribution >= 4 is 34.7 Å². The summed E-state index contributed by atoms with van der Waals surface area (Å²) in [4.78, 5) is 27.0. The van der Waals surface area contributed by atoms with Gasteiger partial charge in [0, 0.05) is 29.4 Å². The smallest absolute Gasteiger partial charge is 0.295 e. The predicted octanol–water partition coefficient (Wildman–Crippen LogP) is 4.12. The fourth-order valence-electron chi connectivity index (χ4n) is 3.60. The third-order valence-electron chi connectivity index (χ3n) is 5.44. The van der Waals surface area contributed by atoms with Gasteiger partial charge in [0.25, 0.3) is 5.56 Å². The molecule has 1 aromatic carbocycles. The zero-order chi connectivity index (χ0) is 23.5. The molecule has 0 spiro atoms. The summed E-state index contributed by atoms with van der Waals surface area (Å²) in [6.07, 6.45) is 0.984. The van der Waals surface area contributed by atoms with Gasteiger partial charge in [0.05, 0.1) is 17.1 Å². The molecule has 4 rings (SSSR count). The average molecular weight is 483 g/mol. The Hall–Kier alpha value is -3.11. The van der Waals surface area contributed by atoms with E-state index in [1.165, 1.54) is 16.6 Å². The second kappa shape index (κ2) is 9.80. The molecule has 0 atom stereocenters. The predicted molar refractivity (Wildman–Crippen MR) is 133 cm³/mol. The Morgan fingerprint density at radius 1 is 1.18 bits per heavy atom. The third kappa shape index (κ3) is 4.53. The third-order valence-corrected chi connectivity index (χ3v) is 7.49. The summed E-state index contributed by atoms with van der Waals surface area (Å²) >= 11 is 3.02. The minimum absolute atomic E-state index is 0.126. The summed E-state index contributed by atoms with van der Waals surface area (Å²) in [6.45, 7) is 6.67. The maximum absolute atomic E-state index is 13.0. The van der Waals surface area contributed by atoms with Crippen molar-refractivity contribution in [3.8, 4) is 17.1 Å². The van der Waals surface area contributed by atoms with Crippen molar-refractivity contribution in [3.05, 3.63) is 62.7 Å². The molecule has 3 aromatic heterocycles. The lowest BCUT2D eigenvalue weighted by molar-refractivity contribution is -0.113. The summed E-state index contributed by atoms with van der Waals surface area (Å²) in [5.74, 6) is 0.671. The van der Waals surface area contributed by atoms with Gasteiger partial charge in [-0.2, -0.15) is 0 Å². The second-order valence-electron chi connectivity index (χ2n) is 7.48. The van der Waals surface area contributed by atoms with E-state index in [1.54, 1.807) is 27.7 Å². The fourth-order valence-corrected chi connectivity index (χ4v) is 5.21. The monoisotopic (exact) mass is 482 g/mol. The van der Waals surface area contributed by atoms with Crippen molar-refractivity contribution < 1.29 is 4.79 Å². The standard InChI is InChI=1S/C23H26N6O2S2/c1-5-18-12-16(13-32-18)21-25-26-23(28(21)6-2)33-14-19(30)24-20-15(3)27(4)29(22(20)31)17-10-8-7-9-11-17/h7-13H,5-6,14H2,1-4H3,(H,24,30). The first-order chi connectivity index (χ1) is 15.9. The highest BCUT2D eigenvalue weighted by molar-refractivity contribution is 7.99. The number of para-hydroxylation sites is 1. The van der Waals surface area contributed by atoms with E-state index in [2.05, 4.69) is 33.9 Å². The number of aryl methyl sites for hydroxylation is 1. The molecule has 0 unspecified atom stereocenters. The molecule has 0 saturated carbocycles. The van der Waals surface area contributed by atoms with Crippen LogP contribution in [0.2, 0.25) is 0 Å². The van der Waals surface area contributed by atoms with Crippen LogP contribution in [0.3, 0.4) is 0 Å². The van der Waals surface area contributed by atoms with E-state index in [0.29, 0.717) is 17.4 Å². The van der Waals surface area contributed by atoms with E-state index < -0.39 is 0 Å². The molecule has 1 N–H and O–H groups in total. The highest BCUT2D eigenvalue weighted by Gasteiger charge is 2.20. The Bertz CT molecular complexity index is 1330. The van der Waals surface area contributed by atoms with Crippen molar-refractivity contribution in [2.45, 2.75) is 38.9 Å². The Kier molecular flexibility index (Phi) is 6.85. The molecule has 3 heterocycles. The molecule has 0 bridgehead atoms. The van der Waals surface area contributed by atoms with Gasteiger partial charge in [-0.1, -0.05) is 36.9 Å². The van der Waals surface area contributed by atoms with Crippen molar-refractivity contribution in [2.75, 3.05) is 11.1 Å². The number of thioether (sulfide) groups is 1. The van der Waals surface area contributed by atoms with Gasteiger partial charge in [-0.05, 0) is 38.5 Å². The first-order valence-electron chi connectivity index (χ1n) is 10.7. The minimum Gasteiger partial charge on any atom is -0.319 e. The molecule has 0 aliphatic rings. The van der Waals surface area contributed by atoms with Crippen molar-refractivity contribution in [1.29, 1.82) is 0 Å². The van der Waals surface area contributed by atoms with Gasteiger partial charge in [0.2, 0.25) is 5.91 Å². The van der Waals surface area contributed by atoms with Crippen molar-refractivity contribution in [3.63, 3.8) is 0 Å². The first kappa shape index (κ1) is 23.1. The van der Waals surface area contributed by atoms with Gasteiger partial charge in [-0.3, -0.25) is 14.3 Å². The lowest BCUT2D eigenvalue weighted by Crippen LogP contribution is -2.23. The number of anilines is 1. The maximum Gasteiger partial charge on any atom is 0.295 e. The first-order valence-corrected chi connectivity index (χ1v) is 12.6. The number of carbonyl (C=O) groups excluding carboxylic acids is 1. The number of hydrogen-bond acceptors (Lipinski definition) is 6. The summed E-state index contributed by atoms with van der Waals surface area (Å²) in [7, 11) is 1.80. The summed E-state index contributed by atoms with van der Waals surface area (Å²) in [6, 6.07) is 11.5. The lowest BCUT2D eigenvalue weighted by atomic mass is 10.2. The van der Waals surface area contributed by atoms with Gasteiger partial charge in [-0.25, -0.2) is 4.68 Å². The molecule has 4 aromatic rings. The molecule has 172 valence electrons. The molecule has 0 fully saturated rings. The normalized spacial score (nSPS) is 11.2. The summed E-state index contributed by atoms with van der Waals surface area (Å²) in [5, 5.41) is 14.2. The molecular formula is C23H26N6O2S2. The lowest BCUT2D eigenvalue weighted by Gasteiger charge is -2.07. The van der Waals surface area contributed by atoms with Gasteiger partial charge in [-0.15, -0.1) is 21.5 Å². The number of carbonyl (C=O) groups is 1. The number of thiophene rings is 1. The van der Waals surface area contributed by atoms with E-state index >= 15 is 0 Å². The van der Waals surface area contributed by atoms with Gasteiger partial charge in [0.15, 0.2) is 11.0 Å². The van der Waals surface area contributed by atoms with E-state index in [4.69, 9.17) is 0 Å². The molecule has 8 nitrogen and oxygen atoms in total. The van der Waals surface area contributed by atoms with Crippen LogP contribution in [0, 0.1) is 6.92 Å². The fraction of sp³-hybridized carbons (Fsp3) is 0.304. The van der Waals surface area contributed by atoms with Crippen LogP contribution in [0.4, 0.5) is 5.69 Å². The number of nitrogens with one attached hydrogen (secondary N) is 1. The Labute approximate surface area is 200 Å². The molecule has 33 heavy (non-hydrogen) atoms.